The molecule has 1 aliphatic rings. The second-order valence-corrected chi connectivity index (χ2v) is 9.44. The lowest BCUT2D eigenvalue weighted by molar-refractivity contribution is 0.256. The van der Waals surface area contributed by atoms with E-state index < -0.39 is 16.1 Å². The first-order valence-electron chi connectivity index (χ1n) is 10.2. The third-order valence-electron chi connectivity index (χ3n) is 5.32. The van der Waals surface area contributed by atoms with E-state index in [0.29, 0.717) is 16.8 Å². The molecule has 0 saturated heterocycles. The normalized spacial score (nSPS) is 12.9. The summed E-state index contributed by atoms with van der Waals surface area (Å²) < 4.78 is 28.8. The number of amides is 2. The number of carbonyl (C=O) groups is 1. The maximum atomic E-state index is 12.7. The fourth-order valence-electron chi connectivity index (χ4n) is 3.77. The summed E-state index contributed by atoms with van der Waals surface area (Å²) in [6.07, 6.45) is 5.67. The van der Waals surface area contributed by atoms with E-state index in [-0.39, 0.29) is 16.8 Å². The highest BCUT2D eigenvalue weighted by Gasteiger charge is 2.24. The predicted molar refractivity (Wildman–Crippen MR) is 118 cm³/mol. The summed E-state index contributed by atoms with van der Waals surface area (Å²) in [5.41, 5.74) is 4.27. The van der Waals surface area contributed by atoms with Crippen molar-refractivity contribution in [3.05, 3.63) is 59.5 Å². The minimum absolute atomic E-state index is 0.0131. The van der Waals surface area contributed by atoms with Crippen LogP contribution in [0.3, 0.4) is 0 Å². The van der Waals surface area contributed by atoms with Crippen molar-refractivity contribution in [2.24, 2.45) is 0 Å². The van der Waals surface area contributed by atoms with E-state index in [1.165, 1.54) is 16.9 Å². The summed E-state index contributed by atoms with van der Waals surface area (Å²) in [6.45, 7) is 3.75. The van der Waals surface area contributed by atoms with Crippen LogP contribution in [0.15, 0.2) is 47.8 Å². The van der Waals surface area contributed by atoms with Crippen molar-refractivity contribution in [3.63, 3.8) is 0 Å². The third kappa shape index (κ3) is 4.20. The standard InChI is InChI=1S/C22H22N6O3S/c1-14(2)28-11-9-20(26-28)32(30,31)27-22(29)25-21-18-5-3-4-15(18)6-7-19(21)16-8-10-24-17(12-16)13-23/h6-12,14H,3-5H2,1-2H3,(H2,25,27,29). The molecule has 2 amide bonds. The van der Waals surface area contributed by atoms with Gasteiger partial charge < -0.3 is 5.32 Å². The SMILES string of the molecule is CC(C)n1ccc(S(=O)(=O)NC(=O)Nc2c(-c3ccnc(C#N)c3)ccc3c2CCC3)n1. The zero-order chi connectivity index (χ0) is 22.9. The Hall–Kier alpha value is -3.71. The molecule has 0 atom stereocenters. The van der Waals surface area contributed by atoms with Gasteiger partial charge in [0.15, 0.2) is 5.03 Å². The van der Waals surface area contributed by atoms with Gasteiger partial charge in [0.05, 0.1) is 5.69 Å². The molecule has 0 aliphatic heterocycles. The molecule has 0 spiro atoms. The van der Waals surface area contributed by atoms with Crippen LogP contribution in [0.4, 0.5) is 10.5 Å². The molecule has 1 aliphatic carbocycles. The van der Waals surface area contributed by atoms with Crippen LogP contribution >= 0.6 is 0 Å². The number of fused-ring (bicyclic) bond motifs is 1. The van der Waals surface area contributed by atoms with Crippen LogP contribution < -0.4 is 10.0 Å². The number of aryl methyl sites for hydroxylation is 1. The van der Waals surface area contributed by atoms with Gasteiger partial charge in [-0.3, -0.25) is 4.68 Å². The molecule has 0 fully saturated rings. The van der Waals surface area contributed by atoms with Crippen molar-refractivity contribution < 1.29 is 13.2 Å². The summed E-state index contributed by atoms with van der Waals surface area (Å²) >= 11 is 0. The number of anilines is 1. The highest BCUT2D eigenvalue weighted by molar-refractivity contribution is 7.90. The Morgan fingerprint density at radius 1 is 1.22 bits per heavy atom. The van der Waals surface area contributed by atoms with E-state index in [9.17, 15) is 18.5 Å². The van der Waals surface area contributed by atoms with Crippen molar-refractivity contribution in [1.29, 1.82) is 5.26 Å². The molecule has 0 bridgehead atoms. The molecular weight excluding hydrogens is 428 g/mol. The number of hydrogen-bond donors (Lipinski definition) is 2. The molecule has 164 valence electrons. The van der Waals surface area contributed by atoms with Gasteiger partial charge in [-0.1, -0.05) is 12.1 Å². The van der Waals surface area contributed by atoms with Crippen molar-refractivity contribution in [2.45, 2.75) is 44.2 Å². The molecule has 0 radical (unpaired) electrons. The minimum Gasteiger partial charge on any atom is -0.306 e. The number of pyridine rings is 1. The lowest BCUT2D eigenvalue weighted by Crippen LogP contribution is -2.35. The molecule has 32 heavy (non-hydrogen) atoms. The van der Waals surface area contributed by atoms with Crippen molar-refractivity contribution >= 4 is 21.7 Å². The van der Waals surface area contributed by atoms with Crippen LogP contribution in [0.5, 0.6) is 0 Å². The highest BCUT2D eigenvalue weighted by Crippen LogP contribution is 2.37. The quantitative estimate of drug-likeness (QED) is 0.613. The Morgan fingerprint density at radius 3 is 2.75 bits per heavy atom. The number of nitriles is 1. The first-order chi connectivity index (χ1) is 15.3. The molecule has 4 rings (SSSR count). The highest BCUT2D eigenvalue weighted by atomic mass is 32.2. The molecule has 3 aromatic rings. The number of nitrogens with zero attached hydrogens (tertiary/aromatic N) is 4. The summed E-state index contributed by atoms with van der Waals surface area (Å²) in [5.74, 6) is 0. The van der Waals surface area contributed by atoms with E-state index in [2.05, 4.69) is 15.4 Å². The van der Waals surface area contributed by atoms with E-state index in [4.69, 9.17) is 0 Å². The predicted octanol–water partition coefficient (Wildman–Crippen LogP) is 3.40. The van der Waals surface area contributed by atoms with Gasteiger partial charge in [0, 0.05) is 24.0 Å². The summed E-state index contributed by atoms with van der Waals surface area (Å²) in [6, 6.07) is 9.72. The summed E-state index contributed by atoms with van der Waals surface area (Å²) in [7, 11) is -4.14. The first-order valence-corrected chi connectivity index (χ1v) is 11.7. The fraction of sp³-hybridized carbons (Fsp3) is 0.273. The molecular formula is C22H22N6O3S. The number of urea groups is 1. The zero-order valence-electron chi connectivity index (χ0n) is 17.7. The van der Waals surface area contributed by atoms with E-state index in [0.717, 1.165) is 30.4 Å². The monoisotopic (exact) mass is 450 g/mol. The van der Waals surface area contributed by atoms with Crippen LogP contribution in [0.1, 0.15) is 43.1 Å². The third-order valence-corrected chi connectivity index (χ3v) is 6.54. The molecule has 10 heteroatoms. The molecule has 2 N–H and O–H groups in total. The van der Waals surface area contributed by atoms with Gasteiger partial charge in [-0.2, -0.15) is 18.8 Å². The van der Waals surface area contributed by atoms with Gasteiger partial charge in [-0.05, 0) is 68.0 Å². The number of hydrogen-bond acceptors (Lipinski definition) is 6. The number of carbonyl (C=O) groups excluding carboxylic acids is 1. The van der Waals surface area contributed by atoms with E-state index in [1.807, 2.05) is 36.8 Å². The molecule has 0 unspecified atom stereocenters. The van der Waals surface area contributed by atoms with Crippen LogP contribution in [-0.4, -0.2) is 29.2 Å². The lowest BCUT2D eigenvalue weighted by atomic mass is 9.97. The first kappa shape index (κ1) is 21.5. The smallest absolute Gasteiger partial charge is 0.306 e. The van der Waals surface area contributed by atoms with Gasteiger partial charge >= 0.3 is 6.03 Å². The zero-order valence-corrected chi connectivity index (χ0v) is 18.5. The Balaban J connectivity index is 1.65. The fourth-order valence-corrected chi connectivity index (χ4v) is 4.62. The second-order valence-electron chi connectivity index (χ2n) is 7.81. The average Bonchev–Trinajstić information content (AvgIpc) is 3.44. The molecule has 1 aromatic carbocycles. The van der Waals surface area contributed by atoms with E-state index in [1.54, 1.807) is 18.3 Å². The largest absolute Gasteiger partial charge is 0.333 e. The number of rotatable bonds is 5. The minimum atomic E-state index is -4.14. The summed E-state index contributed by atoms with van der Waals surface area (Å²) in [4.78, 5) is 16.7. The van der Waals surface area contributed by atoms with Gasteiger partial charge in [0.25, 0.3) is 10.0 Å². The maximum Gasteiger partial charge on any atom is 0.333 e. The van der Waals surface area contributed by atoms with E-state index >= 15 is 0 Å². The van der Waals surface area contributed by atoms with Gasteiger partial charge in [0.2, 0.25) is 0 Å². The topological polar surface area (TPSA) is 130 Å². The van der Waals surface area contributed by atoms with Crippen LogP contribution in [0.25, 0.3) is 11.1 Å². The number of sulfonamides is 1. The molecule has 0 saturated carbocycles. The Bertz CT molecular complexity index is 1340. The van der Waals surface area contributed by atoms with Crippen LogP contribution in [-0.2, 0) is 22.9 Å². The second kappa shape index (κ2) is 8.43. The lowest BCUT2D eigenvalue weighted by Gasteiger charge is -2.16. The van der Waals surface area contributed by atoms with Crippen molar-refractivity contribution in [3.8, 4) is 17.2 Å². The Labute approximate surface area is 186 Å². The van der Waals surface area contributed by atoms with Gasteiger partial charge in [-0.25, -0.2) is 14.5 Å². The van der Waals surface area contributed by atoms with Crippen LogP contribution in [0, 0.1) is 11.3 Å². The molecule has 2 heterocycles. The number of benzene rings is 1. The number of aromatic nitrogens is 3. The number of nitrogens with one attached hydrogen (secondary N) is 2. The average molecular weight is 451 g/mol. The van der Waals surface area contributed by atoms with Crippen LogP contribution in [0.2, 0.25) is 0 Å². The molecule has 2 aromatic heterocycles. The van der Waals surface area contributed by atoms with Gasteiger partial charge in [0.1, 0.15) is 11.8 Å². The molecule has 9 nitrogen and oxygen atoms in total. The Morgan fingerprint density at radius 2 is 2.03 bits per heavy atom. The van der Waals surface area contributed by atoms with Gasteiger partial charge in [-0.15, -0.1) is 0 Å². The Kier molecular flexibility index (Phi) is 5.67. The van der Waals surface area contributed by atoms with Crippen molar-refractivity contribution in [2.75, 3.05) is 5.32 Å². The van der Waals surface area contributed by atoms with Crippen molar-refractivity contribution in [1.82, 2.24) is 19.5 Å². The maximum absolute atomic E-state index is 12.7. The summed E-state index contributed by atoms with van der Waals surface area (Å²) in [5, 5.41) is 15.7.